The van der Waals surface area contributed by atoms with Crippen LogP contribution in [0.3, 0.4) is 0 Å². The average Bonchev–Trinajstić information content (AvgIpc) is 2.47. The third kappa shape index (κ3) is 7.26. The van der Waals surface area contributed by atoms with Crippen LogP contribution in [0.1, 0.15) is 44.6 Å². The molecule has 0 radical (unpaired) electrons. The highest BCUT2D eigenvalue weighted by Gasteiger charge is 2.02. The Bertz CT molecular complexity index is 377. The van der Waals surface area contributed by atoms with Crippen LogP contribution in [0.15, 0.2) is 24.3 Å². The normalized spacial score (nSPS) is 10.5. The van der Waals surface area contributed by atoms with E-state index in [0.29, 0.717) is 19.6 Å². The molecule has 112 valence electrons. The third-order valence-corrected chi connectivity index (χ3v) is 3.09. The van der Waals surface area contributed by atoms with Crippen LogP contribution >= 0.6 is 0 Å². The topological polar surface area (TPSA) is 64.3 Å². The zero-order chi connectivity index (χ0) is 14.6. The van der Waals surface area contributed by atoms with E-state index < -0.39 is 0 Å². The Labute approximate surface area is 121 Å². The molecule has 0 unspecified atom stereocenters. The molecule has 0 bridgehead atoms. The van der Waals surface area contributed by atoms with Crippen LogP contribution in [0.2, 0.25) is 0 Å². The molecule has 0 fully saturated rings. The molecule has 0 aliphatic carbocycles. The van der Waals surface area contributed by atoms with Gasteiger partial charge < -0.3 is 15.8 Å². The molecule has 3 N–H and O–H groups in total. The number of rotatable bonds is 10. The molecule has 0 saturated carbocycles. The van der Waals surface area contributed by atoms with E-state index in [4.69, 9.17) is 10.5 Å². The molecular formula is C16H26N2O2. The van der Waals surface area contributed by atoms with Crippen molar-refractivity contribution in [3.8, 4) is 0 Å². The number of amides is 1. The Kier molecular flexibility index (Phi) is 8.67. The Morgan fingerprint density at radius 3 is 2.55 bits per heavy atom. The second kappa shape index (κ2) is 10.4. The average molecular weight is 278 g/mol. The number of nitrogens with two attached hydrogens (primary N) is 1. The van der Waals surface area contributed by atoms with E-state index in [2.05, 4.69) is 12.2 Å². The van der Waals surface area contributed by atoms with Gasteiger partial charge >= 0.3 is 0 Å². The molecule has 1 aromatic carbocycles. The van der Waals surface area contributed by atoms with Crippen LogP contribution in [0.4, 0.5) is 5.69 Å². The van der Waals surface area contributed by atoms with Gasteiger partial charge in [-0.25, -0.2) is 0 Å². The van der Waals surface area contributed by atoms with Crippen LogP contribution in [0, 0.1) is 0 Å². The van der Waals surface area contributed by atoms with Crippen LogP contribution < -0.4 is 11.1 Å². The molecule has 0 saturated heterocycles. The minimum Gasteiger partial charge on any atom is -0.381 e. The lowest BCUT2D eigenvalue weighted by molar-refractivity contribution is -0.117. The fourth-order valence-electron chi connectivity index (χ4n) is 1.85. The number of unbranched alkanes of at least 4 members (excludes halogenated alkanes) is 3. The lowest BCUT2D eigenvalue weighted by atomic mass is 10.2. The van der Waals surface area contributed by atoms with Gasteiger partial charge in [-0.05, 0) is 24.1 Å². The zero-order valence-electron chi connectivity index (χ0n) is 12.4. The van der Waals surface area contributed by atoms with Crippen LogP contribution in [-0.2, 0) is 16.1 Å². The molecule has 0 aliphatic heterocycles. The Morgan fingerprint density at radius 2 is 1.90 bits per heavy atom. The summed E-state index contributed by atoms with van der Waals surface area (Å²) < 4.78 is 5.45. The van der Waals surface area contributed by atoms with Crippen LogP contribution in [0.5, 0.6) is 0 Å². The van der Waals surface area contributed by atoms with Gasteiger partial charge in [-0.3, -0.25) is 4.79 Å². The van der Waals surface area contributed by atoms with Crippen molar-refractivity contribution in [3.05, 3.63) is 29.8 Å². The number of ether oxygens (including phenoxy) is 1. The van der Waals surface area contributed by atoms with Crippen molar-refractivity contribution in [1.29, 1.82) is 0 Å². The van der Waals surface area contributed by atoms with Crippen molar-refractivity contribution in [2.45, 2.75) is 45.6 Å². The molecule has 1 amide bonds. The first-order valence-electron chi connectivity index (χ1n) is 7.43. The van der Waals surface area contributed by atoms with Crippen molar-refractivity contribution in [3.63, 3.8) is 0 Å². The summed E-state index contributed by atoms with van der Waals surface area (Å²) in [6.07, 6.45) is 5.16. The summed E-state index contributed by atoms with van der Waals surface area (Å²) in [7, 11) is 0. The largest absolute Gasteiger partial charge is 0.381 e. The summed E-state index contributed by atoms with van der Waals surface area (Å²) in [6.45, 7) is 3.93. The molecule has 0 heterocycles. The van der Waals surface area contributed by atoms with Gasteiger partial charge in [0.25, 0.3) is 0 Å². The lowest BCUT2D eigenvalue weighted by Crippen LogP contribution is -2.14. The maximum Gasteiger partial charge on any atom is 0.226 e. The molecule has 4 nitrogen and oxygen atoms in total. The molecule has 20 heavy (non-hydrogen) atoms. The number of carbonyl (C=O) groups excluding carboxylic acids is 1. The van der Waals surface area contributed by atoms with Gasteiger partial charge in [0.1, 0.15) is 0 Å². The molecule has 0 spiro atoms. The Balaban J connectivity index is 2.10. The zero-order valence-corrected chi connectivity index (χ0v) is 12.4. The number of carbonyl (C=O) groups is 1. The van der Waals surface area contributed by atoms with E-state index >= 15 is 0 Å². The second-order valence-corrected chi connectivity index (χ2v) is 4.87. The highest BCUT2D eigenvalue weighted by molar-refractivity contribution is 5.90. The first-order chi connectivity index (χ1) is 9.76. The minimum atomic E-state index is -0.0148. The van der Waals surface area contributed by atoms with Gasteiger partial charge in [-0.15, -0.1) is 0 Å². The maximum absolute atomic E-state index is 11.7. The second-order valence-electron chi connectivity index (χ2n) is 4.87. The Morgan fingerprint density at radius 1 is 1.15 bits per heavy atom. The smallest absolute Gasteiger partial charge is 0.226 e. The summed E-state index contributed by atoms with van der Waals surface area (Å²) in [5, 5.41) is 2.84. The van der Waals surface area contributed by atoms with E-state index in [9.17, 15) is 4.79 Å². The number of hydrogen-bond acceptors (Lipinski definition) is 3. The number of nitrogens with one attached hydrogen (secondary N) is 1. The number of benzene rings is 1. The summed E-state index contributed by atoms with van der Waals surface area (Å²) in [5.74, 6) is -0.0148. The van der Waals surface area contributed by atoms with E-state index in [1.54, 1.807) is 0 Å². The minimum absolute atomic E-state index is 0.0148. The van der Waals surface area contributed by atoms with Crippen molar-refractivity contribution in [2.75, 3.05) is 18.5 Å². The lowest BCUT2D eigenvalue weighted by Gasteiger charge is -2.07. The number of hydrogen-bond donors (Lipinski definition) is 2. The molecule has 0 atom stereocenters. The Hall–Kier alpha value is -1.39. The van der Waals surface area contributed by atoms with Crippen molar-refractivity contribution in [1.82, 2.24) is 0 Å². The monoisotopic (exact) mass is 278 g/mol. The van der Waals surface area contributed by atoms with Crippen LogP contribution in [0.25, 0.3) is 0 Å². The van der Waals surface area contributed by atoms with Gasteiger partial charge in [0, 0.05) is 18.8 Å². The van der Waals surface area contributed by atoms with Gasteiger partial charge in [0.15, 0.2) is 0 Å². The van der Waals surface area contributed by atoms with Crippen molar-refractivity contribution < 1.29 is 9.53 Å². The summed E-state index contributed by atoms with van der Waals surface area (Å²) in [4.78, 5) is 11.7. The van der Waals surface area contributed by atoms with E-state index in [-0.39, 0.29) is 5.91 Å². The first kappa shape index (κ1) is 16.7. The van der Waals surface area contributed by atoms with Crippen LogP contribution in [-0.4, -0.2) is 19.1 Å². The number of anilines is 1. The third-order valence-electron chi connectivity index (χ3n) is 3.09. The highest BCUT2D eigenvalue weighted by Crippen LogP contribution is 2.09. The van der Waals surface area contributed by atoms with Gasteiger partial charge in [0.2, 0.25) is 5.91 Å². The molecule has 4 heteroatoms. The molecule has 1 rings (SSSR count). The quantitative estimate of drug-likeness (QED) is 0.646. The fraction of sp³-hybridized carbons (Fsp3) is 0.562. The standard InChI is InChI=1S/C16H26N2O2/c1-2-3-4-5-11-20-12-10-16(19)18-15-8-6-14(13-17)7-9-15/h6-9H,2-5,10-13,17H2,1H3,(H,18,19). The summed E-state index contributed by atoms with van der Waals surface area (Å²) >= 11 is 0. The predicted molar refractivity (Wildman–Crippen MR) is 82.5 cm³/mol. The van der Waals surface area contributed by atoms with Gasteiger partial charge in [-0.2, -0.15) is 0 Å². The first-order valence-corrected chi connectivity index (χ1v) is 7.43. The molecule has 1 aromatic rings. The van der Waals surface area contributed by atoms with E-state index in [1.165, 1.54) is 19.3 Å². The van der Waals surface area contributed by atoms with Gasteiger partial charge in [0.05, 0.1) is 13.0 Å². The maximum atomic E-state index is 11.7. The molecule has 0 aliphatic rings. The SMILES string of the molecule is CCCCCCOCCC(=O)Nc1ccc(CN)cc1. The van der Waals surface area contributed by atoms with E-state index in [0.717, 1.165) is 24.3 Å². The summed E-state index contributed by atoms with van der Waals surface area (Å²) in [6, 6.07) is 7.57. The van der Waals surface area contributed by atoms with Crippen molar-refractivity contribution in [2.24, 2.45) is 5.73 Å². The highest BCUT2D eigenvalue weighted by atomic mass is 16.5. The fourth-order valence-corrected chi connectivity index (χ4v) is 1.85. The predicted octanol–water partition coefficient (Wildman–Crippen LogP) is 3.07. The molecular weight excluding hydrogens is 252 g/mol. The van der Waals surface area contributed by atoms with Crippen molar-refractivity contribution >= 4 is 11.6 Å². The van der Waals surface area contributed by atoms with E-state index in [1.807, 2.05) is 24.3 Å². The van der Waals surface area contributed by atoms with Gasteiger partial charge in [-0.1, -0.05) is 38.3 Å². The summed E-state index contributed by atoms with van der Waals surface area (Å²) in [5.41, 5.74) is 7.38. The molecule has 0 aromatic heterocycles.